The first kappa shape index (κ1) is 20.2. The van der Waals surface area contributed by atoms with Gasteiger partial charge in [0.05, 0.1) is 12.5 Å². The number of ether oxygens (including phenoxy) is 1. The highest BCUT2D eigenvalue weighted by Crippen LogP contribution is 2.45. The summed E-state index contributed by atoms with van der Waals surface area (Å²) >= 11 is 0. The Bertz CT molecular complexity index is 675. The second-order valence-electron chi connectivity index (χ2n) is 7.47. The highest BCUT2D eigenvalue weighted by atomic mass is 19.3. The molecule has 1 aromatic rings. The molecule has 4 atom stereocenters. The van der Waals surface area contributed by atoms with Gasteiger partial charge in [0.1, 0.15) is 12.1 Å². The van der Waals surface area contributed by atoms with Gasteiger partial charge in [-0.1, -0.05) is 45.0 Å². The van der Waals surface area contributed by atoms with Crippen molar-refractivity contribution in [1.29, 1.82) is 0 Å². The molecule has 1 saturated heterocycles. The van der Waals surface area contributed by atoms with Crippen LogP contribution >= 0.6 is 0 Å². The van der Waals surface area contributed by atoms with Crippen molar-refractivity contribution in [3.8, 4) is 0 Å². The predicted octanol–water partition coefficient (Wildman–Crippen LogP) is 3.51. The van der Waals surface area contributed by atoms with E-state index in [0.29, 0.717) is 0 Å². The molecule has 1 aliphatic heterocycles. The molecule has 1 heterocycles. The second kappa shape index (κ2) is 7.65. The van der Waals surface area contributed by atoms with E-state index in [2.05, 4.69) is 5.32 Å². The molecule has 26 heavy (non-hydrogen) atoms. The van der Waals surface area contributed by atoms with E-state index in [0.717, 1.165) is 0 Å². The highest BCUT2D eigenvalue weighted by Gasteiger charge is 2.58. The minimum Gasteiger partial charge on any atom is -0.465 e. The van der Waals surface area contributed by atoms with Crippen LogP contribution in [0.25, 0.3) is 0 Å². The zero-order chi connectivity index (χ0) is 19.6. The first-order valence-corrected chi connectivity index (χ1v) is 8.52. The van der Waals surface area contributed by atoms with E-state index in [4.69, 9.17) is 4.74 Å². The Morgan fingerprint density at radius 2 is 1.96 bits per heavy atom. The zero-order valence-corrected chi connectivity index (χ0v) is 15.2. The van der Waals surface area contributed by atoms with Crippen molar-refractivity contribution < 1.29 is 23.2 Å². The molecule has 1 N–H and O–H groups in total. The largest absolute Gasteiger partial charge is 0.465 e. The fourth-order valence-electron chi connectivity index (χ4n) is 3.78. The van der Waals surface area contributed by atoms with Crippen LogP contribution in [0.1, 0.15) is 51.3 Å². The lowest BCUT2D eigenvalue weighted by atomic mass is 9.72. The lowest BCUT2D eigenvalue weighted by molar-refractivity contribution is -0.535. The summed E-state index contributed by atoms with van der Waals surface area (Å²) < 4.78 is 31.9. The van der Waals surface area contributed by atoms with E-state index >= 15 is 0 Å². The SMILES string of the molecule is CCOC(=O)[C@H]1N[C@@H](c2ccccc2C(F)F)[C@@H]([N+](=O)[O-])[C@@H]1C(C)(C)C. The van der Waals surface area contributed by atoms with Gasteiger partial charge in [-0.3, -0.25) is 20.2 Å². The first-order valence-electron chi connectivity index (χ1n) is 8.52. The number of nitro groups is 1. The fourth-order valence-corrected chi connectivity index (χ4v) is 3.78. The van der Waals surface area contributed by atoms with Crippen molar-refractivity contribution in [2.24, 2.45) is 11.3 Å². The minimum absolute atomic E-state index is 0.134. The Hall–Kier alpha value is -2.09. The van der Waals surface area contributed by atoms with E-state index in [1.165, 1.54) is 18.2 Å². The number of carbonyl (C=O) groups excluding carboxylic acids is 1. The normalized spacial score (nSPS) is 26.1. The van der Waals surface area contributed by atoms with Crippen molar-refractivity contribution >= 4 is 5.97 Å². The number of hydrogen-bond acceptors (Lipinski definition) is 5. The molecule has 144 valence electrons. The maximum atomic E-state index is 13.4. The molecule has 0 bridgehead atoms. The van der Waals surface area contributed by atoms with Crippen molar-refractivity contribution in [3.05, 3.63) is 45.5 Å². The van der Waals surface area contributed by atoms with Gasteiger partial charge in [0.2, 0.25) is 6.04 Å². The summed E-state index contributed by atoms with van der Waals surface area (Å²) in [7, 11) is 0. The molecule has 8 heteroatoms. The van der Waals surface area contributed by atoms with Gasteiger partial charge in [-0.25, -0.2) is 8.78 Å². The van der Waals surface area contributed by atoms with Crippen LogP contribution in [-0.4, -0.2) is 29.6 Å². The molecule has 1 aromatic carbocycles. The van der Waals surface area contributed by atoms with Crippen LogP contribution < -0.4 is 5.32 Å². The molecule has 0 spiro atoms. The summed E-state index contributed by atoms with van der Waals surface area (Å²) in [5, 5.41) is 14.8. The molecule has 0 unspecified atom stereocenters. The van der Waals surface area contributed by atoms with Crippen molar-refractivity contribution in [2.75, 3.05) is 6.61 Å². The summed E-state index contributed by atoms with van der Waals surface area (Å²) in [6, 6.07) is 2.54. The number of rotatable bonds is 5. The number of esters is 1. The van der Waals surface area contributed by atoms with Crippen LogP contribution in [-0.2, 0) is 9.53 Å². The maximum absolute atomic E-state index is 13.4. The molecule has 6 nitrogen and oxygen atoms in total. The topological polar surface area (TPSA) is 81.5 Å². The quantitative estimate of drug-likeness (QED) is 0.487. The Morgan fingerprint density at radius 3 is 2.46 bits per heavy atom. The van der Waals surface area contributed by atoms with Gasteiger partial charge in [0, 0.05) is 10.5 Å². The Labute approximate surface area is 151 Å². The number of benzene rings is 1. The molecule has 0 aliphatic carbocycles. The highest BCUT2D eigenvalue weighted by molar-refractivity contribution is 5.77. The molecule has 1 fully saturated rings. The summed E-state index contributed by atoms with van der Waals surface area (Å²) in [6.07, 6.45) is -2.77. The van der Waals surface area contributed by atoms with Crippen LogP contribution in [0.4, 0.5) is 8.78 Å². The van der Waals surface area contributed by atoms with Crippen molar-refractivity contribution in [1.82, 2.24) is 5.32 Å². The van der Waals surface area contributed by atoms with E-state index in [1.807, 2.05) is 0 Å². The standard InChI is InChI=1S/C18H24F2N2O4/c1-5-26-17(23)14-12(18(2,3)4)15(22(24)25)13(21-14)10-8-6-7-9-11(10)16(19)20/h6-9,12-16,21H,5H2,1-4H3/t12-,13+,14+,15+/m1/s1. The van der Waals surface area contributed by atoms with Crippen LogP contribution in [0.3, 0.4) is 0 Å². The minimum atomic E-state index is -2.77. The van der Waals surface area contributed by atoms with Gasteiger partial charge in [-0.05, 0) is 17.9 Å². The van der Waals surface area contributed by atoms with Gasteiger partial charge < -0.3 is 4.74 Å². The Kier molecular flexibility index (Phi) is 5.95. The van der Waals surface area contributed by atoms with Crippen LogP contribution in [0.15, 0.2) is 24.3 Å². The van der Waals surface area contributed by atoms with Gasteiger partial charge >= 0.3 is 5.97 Å². The number of halogens is 2. The van der Waals surface area contributed by atoms with Gasteiger partial charge in [0.15, 0.2) is 0 Å². The molecular weight excluding hydrogens is 346 g/mol. The van der Waals surface area contributed by atoms with E-state index < -0.39 is 46.8 Å². The Morgan fingerprint density at radius 1 is 1.35 bits per heavy atom. The molecule has 0 aromatic heterocycles. The number of alkyl halides is 2. The van der Waals surface area contributed by atoms with Crippen LogP contribution in [0.5, 0.6) is 0 Å². The van der Waals surface area contributed by atoms with Gasteiger partial charge in [0.25, 0.3) is 6.43 Å². The number of nitrogens with one attached hydrogen (secondary N) is 1. The molecule has 1 aliphatic rings. The van der Waals surface area contributed by atoms with Crippen LogP contribution in [0, 0.1) is 21.4 Å². The van der Waals surface area contributed by atoms with Gasteiger partial charge in [-0.15, -0.1) is 0 Å². The lowest BCUT2D eigenvalue weighted by Gasteiger charge is -2.31. The Balaban J connectivity index is 2.56. The van der Waals surface area contributed by atoms with E-state index in [1.54, 1.807) is 33.8 Å². The molecule has 0 saturated carbocycles. The first-order chi connectivity index (χ1) is 12.1. The van der Waals surface area contributed by atoms with Crippen LogP contribution in [0.2, 0.25) is 0 Å². The number of nitrogens with zero attached hydrogens (tertiary/aromatic N) is 1. The molecule has 2 rings (SSSR count). The average Bonchev–Trinajstić information content (AvgIpc) is 2.96. The van der Waals surface area contributed by atoms with Gasteiger partial charge in [-0.2, -0.15) is 0 Å². The monoisotopic (exact) mass is 370 g/mol. The third-order valence-electron chi connectivity index (χ3n) is 4.78. The third-order valence-corrected chi connectivity index (χ3v) is 4.78. The van der Waals surface area contributed by atoms with E-state index in [-0.39, 0.29) is 17.7 Å². The third kappa shape index (κ3) is 3.85. The fraction of sp³-hybridized carbons (Fsp3) is 0.611. The molecular formula is C18H24F2N2O4. The maximum Gasteiger partial charge on any atom is 0.323 e. The summed E-state index contributed by atoms with van der Waals surface area (Å²) in [5.41, 5.74) is -0.740. The smallest absolute Gasteiger partial charge is 0.323 e. The molecule has 0 radical (unpaired) electrons. The summed E-state index contributed by atoms with van der Waals surface area (Å²) in [4.78, 5) is 23.8. The number of hydrogen-bond donors (Lipinski definition) is 1. The van der Waals surface area contributed by atoms with E-state index in [9.17, 15) is 23.7 Å². The number of carbonyl (C=O) groups is 1. The summed E-state index contributed by atoms with van der Waals surface area (Å²) in [6.45, 7) is 7.17. The zero-order valence-electron chi connectivity index (χ0n) is 15.2. The lowest BCUT2D eigenvalue weighted by Crippen LogP contribution is -2.45. The average molecular weight is 370 g/mol. The van der Waals surface area contributed by atoms with Crippen molar-refractivity contribution in [2.45, 2.75) is 52.2 Å². The molecule has 0 amide bonds. The van der Waals surface area contributed by atoms with Crippen molar-refractivity contribution in [3.63, 3.8) is 0 Å². The summed E-state index contributed by atoms with van der Waals surface area (Å²) in [5.74, 6) is -1.32. The predicted molar refractivity (Wildman–Crippen MR) is 91.4 cm³/mol. The second-order valence-corrected chi connectivity index (χ2v) is 7.47.